The summed E-state index contributed by atoms with van der Waals surface area (Å²) in [6.07, 6.45) is 14.8. The van der Waals surface area contributed by atoms with E-state index >= 15 is 0 Å². The van der Waals surface area contributed by atoms with E-state index in [2.05, 4.69) is 16.1 Å². The maximum Gasteiger partial charge on any atom is 0.371 e. The van der Waals surface area contributed by atoms with Crippen LogP contribution >= 0.6 is 0 Å². The van der Waals surface area contributed by atoms with E-state index in [9.17, 15) is 24.3 Å². The van der Waals surface area contributed by atoms with Crippen LogP contribution in [0.1, 0.15) is 120 Å². The Morgan fingerprint density at radius 3 is 1.57 bits per heavy atom. The third-order valence-electron chi connectivity index (χ3n) is 5.72. The van der Waals surface area contributed by atoms with Gasteiger partial charge in [0.1, 0.15) is 0 Å². The zero-order valence-corrected chi connectivity index (χ0v) is 21.9. The Kier molecular flexibility index (Phi) is 20.8. The third kappa shape index (κ3) is 19.1. The second-order valence-electron chi connectivity index (χ2n) is 9.00. The molecule has 1 heterocycles. The molecule has 2 atom stereocenters. The Morgan fingerprint density at radius 2 is 1.22 bits per heavy atom. The number of aliphatic hydroxyl groups excluding tert-OH is 2. The molecular weight excluding hydrogens is 484 g/mol. The summed E-state index contributed by atoms with van der Waals surface area (Å²) in [5.41, 5.74) is 0. The van der Waals surface area contributed by atoms with Gasteiger partial charge in [0.15, 0.2) is 12.2 Å². The first kappa shape index (κ1) is 34.3. The number of unbranched alkanes of at least 4 members (excludes halogenated alkanes) is 14. The minimum atomic E-state index is -2.30. The third-order valence-corrected chi connectivity index (χ3v) is 5.72. The smallest absolute Gasteiger partial charge is 0.371 e. The number of aliphatic carboxylic acids is 1. The van der Waals surface area contributed by atoms with Gasteiger partial charge in [0.25, 0.3) is 0 Å². The van der Waals surface area contributed by atoms with Gasteiger partial charge in [0.2, 0.25) is 5.76 Å². The zero-order chi connectivity index (χ0) is 27.9. The van der Waals surface area contributed by atoms with Crippen LogP contribution in [0.3, 0.4) is 0 Å². The van der Waals surface area contributed by atoms with Crippen molar-refractivity contribution in [1.29, 1.82) is 0 Å². The largest absolute Gasteiger partial charge is 0.479 e. The number of carboxylic acid groups (broad SMARTS) is 2. The Morgan fingerprint density at radius 1 is 0.757 bits per heavy atom. The highest BCUT2D eigenvalue weighted by atomic mass is 16.6. The molecule has 0 aliphatic heterocycles. The molecule has 212 valence electrons. The molecule has 1 rings (SSSR count). The second kappa shape index (κ2) is 22.5. The van der Waals surface area contributed by atoms with Crippen molar-refractivity contribution in [2.24, 2.45) is 0 Å². The summed E-state index contributed by atoms with van der Waals surface area (Å²) in [5, 5.41) is 35.0. The first-order valence-electron chi connectivity index (χ1n) is 13.3. The fourth-order valence-corrected chi connectivity index (χ4v) is 3.53. The molecule has 0 aromatic carbocycles. The summed E-state index contributed by atoms with van der Waals surface area (Å²) in [6, 6.07) is 2.92. The lowest BCUT2D eigenvalue weighted by Gasteiger charge is -2.12. The number of furan rings is 1. The molecule has 0 spiro atoms. The Balaban J connectivity index is 0.00000136. The van der Waals surface area contributed by atoms with Gasteiger partial charge in [-0.15, -0.1) is 0 Å². The number of rotatable bonds is 20. The van der Waals surface area contributed by atoms with Crippen molar-refractivity contribution < 1.29 is 48.8 Å². The van der Waals surface area contributed by atoms with E-state index in [1.165, 1.54) is 89.0 Å². The molecule has 4 N–H and O–H groups in total. The monoisotopic (exact) mass is 528 g/mol. The lowest BCUT2D eigenvalue weighted by Crippen LogP contribution is -2.41. The zero-order valence-electron chi connectivity index (χ0n) is 21.9. The molecule has 0 saturated carbocycles. The highest BCUT2D eigenvalue weighted by Gasteiger charge is 2.32. The van der Waals surface area contributed by atoms with Crippen LogP contribution in [0.2, 0.25) is 0 Å². The maximum atomic E-state index is 11.5. The van der Waals surface area contributed by atoms with Gasteiger partial charge in [-0.25, -0.2) is 14.4 Å². The normalized spacial score (nSPS) is 12.2. The van der Waals surface area contributed by atoms with Crippen molar-refractivity contribution >= 4 is 23.9 Å². The van der Waals surface area contributed by atoms with Gasteiger partial charge in [-0.3, -0.25) is 4.79 Å². The van der Waals surface area contributed by atoms with Crippen molar-refractivity contribution in [1.82, 2.24) is 0 Å². The summed E-state index contributed by atoms with van der Waals surface area (Å²) >= 11 is 0. The number of carbonyl (C=O) groups excluding carboxylic acids is 2. The first-order valence-corrected chi connectivity index (χ1v) is 13.3. The van der Waals surface area contributed by atoms with Crippen LogP contribution in [0, 0.1) is 0 Å². The van der Waals surface area contributed by atoms with E-state index in [1.54, 1.807) is 0 Å². The van der Waals surface area contributed by atoms with Crippen molar-refractivity contribution in [3.63, 3.8) is 0 Å². The highest BCUT2D eigenvalue weighted by molar-refractivity contribution is 5.91. The Labute approximate surface area is 219 Å². The van der Waals surface area contributed by atoms with Crippen molar-refractivity contribution in [3.05, 3.63) is 24.2 Å². The van der Waals surface area contributed by atoms with Gasteiger partial charge in [0.05, 0.1) is 6.26 Å². The van der Waals surface area contributed by atoms with E-state index in [0.29, 0.717) is 6.42 Å². The molecule has 1 aromatic heterocycles. The van der Waals surface area contributed by atoms with Crippen LogP contribution < -0.4 is 0 Å². The average molecular weight is 529 g/mol. The van der Waals surface area contributed by atoms with E-state index < -0.39 is 36.1 Å². The minimum Gasteiger partial charge on any atom is -0.479 e. The fraction of sp³-hybridized carbons (Fsp3) is 0.704. The van der Waals surface area contributed by atoms with Gasteiger partial charge in [-0.05, 0) is 18.6 Å². The Bertz CT molecular complexity index is 744. The molecule has 0 fully saturated rings. The molecule has 0 aliphatic carbocycles. The van der Waals surface area contributed by atoms with Crippen LogP contribution in [0.25, 0.3) is 0 Å². The molecule has 0 amide bonds. The van der Waals surface area contributed by atoms with E-state index in [4.69, 9.17) is 15.3 Å². The van der Waals surface area contributed by atoms with Gasteiger partial charge >= 0.3 is 23.9 Å². The molecule has 10 nitrogen and oxygen atoms in total. The van der Waals surface area contributed by atoms with E-state index in [-0.39, 0.29) is 12.2 Å². The number of hydrogen-bond acceptors (Lipinski definition) is 8. The standard InChI is InChI=1S/C22H40O7.C5H4O3/c1-2-3-4-5-6-7-8-9-10-11-12-13-14-15-16-17-18(23)29-22(28)20(25)19(24)21(26)27;6-5(7)4-2-1-3-8-4/h19-20,24-25H,2-17H2,1H3,(H,26,27);1-3H,(H,6,7). The maximum absolute atomic E-state index is 11.5. The summed E-state index contributed by atoms with van der Waals surface area (Å²) in [6.45, 7) is 2.24. The van der Waals surface area contributed by atoms with Gasteiger partial charge in [-0.1, -0.05) is 96.8 Å². The van der Waals surface area contributed by atoms with Gasteiger partial charge < -0.3 is 29.6 Å². The number of hydrogen-bond donors (Lipinski definition) is 4. The van der Waals surface area contributed by atoms with Gasteiger partial charge in [0, 0.05) is 6.42 Å². The summed E-state index contributed by atoms with van der Waals surface area (Å²) in [7, 11) is 0. The number of carbonyl (C=O) groups is 4. The molecular formula is C27H44O10. The molecule has 10 heteroatoms. The van der Waals surface area contributed by atoms with Crippen LogP contribution in [-0.2, 0) is 19.1 Å². The van der Waals surface area contributed by atoms with Crippen molar-refractivity contribution in [2.45, 2.75) is 122 Å². The lowest BCUT2D eigenvalue weighted by molar-refractivity contribution is -0.175. The van der Waals surface area contributed by atoms with Crippen molar-refractivity contribution in [2.75, 3.05) is 0 Å². The van der Waals surface area contributed by atoms with Crippen LogP contribution in [0.15, 0.2) is 22.8 Å². The summed E-state index contributed by atoms with van der Waals surface area (Å²) in [4.78, 5) is 43.3. The van der Waals surface area contributed by atoms with Crippen LogP contribution in [-0.4, -0.2) is 56.5 Å². The SMILES string of the molecule is CCCCCCCCCCCCCCCCCC(=O)OC(=O)C(O)C(O)C(=O)O.O=C(O)c1ccco1. The molecule has 0 aliphatic rings. The first-order chi connectivity index (χ1) is 17.7. The van der Waals surface area contributed by atoms with Crippen LogP contribution in [0.4, 0.5) is 0 Å². The fourth-order valence-electron chi connectivity index (χ4n) is 3.53. The quantitative estimate of drug-likeness (QED) is 0.101. The second-order valence-corrected chi connectivity index (χ2v) is 9.00. The predicted molar refractivity (Wildman–Crippen MR) is 136 cm³/mol. The molecule has 0 bridgehead atoms. The van der Waals surface area contributed by atoms with Crippen LogP contribution in [0.5, 0.6) is 0 Å². The van der Waals surface area contributed by atoms with Gasteiger partial charge in [-0.2, -0.15) is 0 Å². The van der Waals surface area contributed by atoms with E-state index in [1.807, 2.05) is 0 Å². The number of carboxylic acids is 2. The molecule has 2 unspecified atom stereocenters. The lowest BCUT2D eigenvalue weighted by atomic mass is 10.0. The summed E-state index contributed by atoms with van der Waals surface area (Å²) in [5.74, 6) is -5.07. The molecule has 0 saturated heterocycles. The minimum absolute atomic E-state index is 0.0231. The summed E-state index contributed by atoms with van der Waals surface area (Å²) < 4.78 is 8.85. The predicted octanol–water partition coefficient (Wildman–Crippen LogP) is 5.10. The number of esters is 2. The molecule has 0 radical (unpaired) electrons. The molecule has 37 heavy (non-hydrogen) atoms. The van der Waals surface area contributed by atoms with Crippen molar-refractivity contribution in [3.8, 4) is 0 Å². The number of ether oxygens (including phenoxy) is 1. The van der Waals surface area contributed by atoms with E-state index in [0.717, 1.165) is 19.3 Å². The number of aromatic carboxylic acids is 1. The number of aliphatic hydroxyl groups is 2. The topological polar surface area (TPSA) is 172 Å². The molecule has 1 aromatic rings. The highest BCUT2D eigenvalue weighted by Crippen LogP contribution is 2.14. The average Bonchev–Trinajstić information content (AvgIpc) is 3.41. The Hall–Kier alpha value is -2.72.